The van der Waals surface area contributed by atoms with Crippen LogP contribution in [-0.2, 0) is 25.5 Å². The summed E-state index contributed by atoms with van der Waals surface area (Å²) in [5.41, 5.74) is 0.591. The molecule has 1 aromatic carbocycles. The van der Waals surface area contributed by atoms with Crippen molar-refractivity contribution in [3.8, 4) is 0 Å². The van der Waals surface area contributed by atoms with Gasteiger partial charge in [0.25, 0.3) is 0 Å². The van der Waals surface area contributed by atoms with Gasteiger partial charge in [-0.3, -0.25) is 14.5 Å². The lowest BCUT2D eigenvalue weighted by Crippen LogP contribution is -2.42. The Morgan fingerprint density at radius 1 is 0.971 bits per heavy atom. The van der Waals surface area contributed by atoms with Gasteiger partial charge < -0.3 is 20.3 Å². The van der Waals surface area contributed by atoms with Gasteiger partial charge in [-0.15, -0.1) is 0 Å². The van der Waals surface area contributed by atoms with Crippen LogP contribution in [0.5, 0.6) is 0 Å². The first-order valence-corrected chi connectivity index (χ1v) is 11.3. The van der Waals surface area contributed by atoms with Crippen LogP contribution in [0.25, 0.3) is 0 Å². The molecule has 1 saturated heterocycles. The molecule has 8 nitrogen and oxygen atoms in total. The summed E-state index contributed by atoms with van der Waals surface area (Å²) in [5.74, 6) is -4.13. The Morgan fingerprint density at radius 2 is 1.50 bits per heavy atom. The highest BCUT2D eigenvalue weighted by molar-refractivity contribution is 6.08. The highest BCUT2D eigenvalue weighted by Crippen LogP contribution is 2.36. The number of anilines is 1. The number of ether oxygens (including phenoxy) is 1. The summed E-state index contributed by atoms with van der Waals surface area (Å²) in [4.78, 5) is 36.0. The molecule has 1 amide bonds. The molecule has 34 heavy (non-hydrogen) atoms. The summed E-state index contributed by atoms with van der Waals surface area (Å²) in [5, 5.41) is 19.7. The summed E-state index contributed by atoms with van der Waals surface area (Å²) in [6.07, 6.45) is 0.297. The predicted molar refractivity (Wildman–Crippen MR) is 117 cm³/mol. The third-order valence-electron chi connectivity index (χ3n) is 6.08. The first-order valence-electron chi connectivity index (χ1n) is 11.3. The van der Waals surface area contributed by atoms with Crippen LogP contribution in [0.4, 0.5) is 18.9 Å². The van der Waals surface area contributed by atoms with E-state index >= 15 is 0 Å². The van der Waals surface area contributed by atoms with Crippen molar-refractivity contribution in [3.63, 3.8) is 0 Å². The van der Waals surface area contributed by atoms with E-state index in [2.05, 4.69) is 10.2 Å². The van der Waals surface area contributed by atoms with Crippen LogP contribution in [0.3, 0.4) is 0 Å². The number of carboxylic acid groups (broad SMARTS) is 2. The Hall–Kier alpha value is -2.66. The zero-order valence-electron chi connectivity index (χ0n) is 18.9. The van der Waals surface area contributed by atoms with Crippen molar-refractivity contribution in [3.05, 3.63) is 29.8 Å². The van der Waals surface area contributed by atoms with Gasteiger partial charge in [0.05, 0.1) is 13.2 Å². The van der Waals surface area contributed by atoms with Crippen molar-refractivity contribution >= 4 is 23.5 Å². The van der Waals surface area contributed by atoms with E-state index in [9.17, 15) is 27.9 Å². The molecule has 0 unspecified atom stereocenters. The Morgan fingerprint density at radius 3 is 1.97 bits per heavy atom. The Labute approximate surface area is 196 Å². The number of hydrogen-bond acceptors (Lipinski definition) is 5. The van der Waals surface area contributed by atoms with Gasteiger partial charge in [0, 0.05) is 25.3 Å². The van der Waals surface area contributed by atoms with Crippen molar-refractivity contribution in [2.24, 2.45) is 5.41 Å². The molecular formula is C23H31F3N2O6. The van der Waals surface area contributed by atoms with E-state index in [1.165, 1.54) is 5.56 Å². The second kappa shape index (κ2) is 12.7. The maximum absolute atomic E-state index is 12.8. The second-order valence-corrected chi connectivity index (χ2v) is 8.46. The van der Waals surface area contributed by atoms with Crippen LogP contribution in [0.1, 0.15) is 44.1 Å². The summed E-state index contributed by atoms with van der Waals surface area (Å²) in [6.45, 7) is 4.56. The van der Waals surface area contributed by atoms with E-state index in [0.29, 0.717) is 18.5 Å². The van der Waals surface area contributed by atoms with Gasteiger partial charge in [-0.2, -0.15) is 13.2 Å². The molecular weight excluding hydrogens is 457 g/mol. The Kier molecular flexibility index (Phi) is 10.3. The van der Waals surface area contributed by atoms with Gasteiger partial charge in [0.15, 0.2) is 0 Å². The van der Waals surface area contributed by atoms with E-state index in [-0.39, 0.29) is 5.91 Å². The lowest BCUT2D eigenvalue weighted by Gasteiger charge is -2.27. The zero-order chi connectivity index (χ0) is 25.2. The first kappa shape index (κ1) is 27.6. The Bertz CT molecular complexity index is 815. The van der Waals surface area contributed by atoms with Gasteiger partial charge in [-0.25, -0.2) is 4.79 Å². The lowest BCUT2D eigenvalue weighted by molar-refractivity contribution is -0.192. The van der Waals surface area contributed by atoms with Crippen molar-refractivity contribution in [1.29, 1.82) is 0 Å². The van der Waals surface area contributed by atoms with Crippen molar-refractivity contribution in [2.45, 2.75) is 51.1 Å². The average molecular weight is 489 g/mol. The normalized spacial score (nSPS) is 18.7. The van der Waals surface area contributed by atoms with Gasteiger partial charge in [-0.05, 0) is 37.0 Å². The smallest absolute Gasteiger partial charge is 0.480 e. The van der Waals surface area contributed by atoms with E-state index in [1.807, 2.05) is 24.3 Å². The van der Waals surface area contributed by atoms with Crippen LogP contribution in [0.2, 0.25) is 0 Å². The monoisotopic (exact) mass is 488 g/mol. The molecule has 3 rings (SSSR count). The van der Waals surface area contributed by atoms with Gasteiger partial charge in [-0.1, -0.05) is 37.8 Å². The van der Waals surface area contributed by atoms with E-state index in [0.717, 1.165) is 65.0 Å². The van der Waals surface area contributed by atoms with Gasteiger partial charge >= 0.3 is 18.1 Å². The predicted octanol–water partition coefficient (Wildman–Crippen LogP) is 3.56. The SMILES string of the molecule is O=C(O)C(F)(F)F.O=C(O)C1(C(=O)Nc2ccc(CCN3CCOCC3)cc2)CCCCCC1. The molecule has 0 atom stereocenters. The molecule has 1 heterocycles. The quantitative estimate of drug-likeness (QED) is 0.414. The fourth-order valence-electron chi connectivity index (χ4n) is 3.99. The number of nitrogens with one attached hydrogen (secondary N) is 1. The minimum atomic E-state index is -5.08. The second-order valence-electron chi connectivity index (χ2n) is 8.46. The standard InChI is InChI=1S/C21H30N2O4.C2HF3O2/c24-19(21(20(25)26)10-3-1-2-4-11-21)22-18-7-5-17(6-8-18)9-12-23-13-15-27-16-14-23;3-2(4,5)1(6)7/h5-8H,1-4,9-16H2,(H,22,24)(H,25,26);(H,6,7). The van der Waals surface area contributed by atoms with Crippen LogP contribution >= 0.6 is 0 Å². The summed E-state index contributed by atoms with van der Waals surface area (Å²) >= 11 is 0. The van der Waals surface area contributed by atoms with E-state index in [4.69, 9.17) is 14.6 Å². The minimum absolute atomic E-state index is 0.377. The molecule has 3 N–H and O–H groups in total. The van der Waals surface area contributed by atoms with Crippen LogP contribution in [0, 0.1) is 5.41 Å². The number of alkyl halides is 3. The number of rotatable bonds is 6. The minimum Gasteiger partial charge on any atom is -0.480 e. The summed E-state index contributed by atoms with van der Waals surface area (Å²) in [6, 6.07) is 7.77. The van der Waals surface area contributed by atoms with Gasteiger partial charge in [0.2, 0.25) is 5.91 Å². The molecule has 0 spiro atoms. The third kappa shape index (κ3) is 8.28. The highest BCUT2D eigenvalue weighted by atomic mass is 19.4. The number of nitrogens with zero attached hydrogens (tertiary/aromatic N) is 1. The molecule has 0 radical (unpaired) electrons. The number of hydrogen-bond donors (Lipinski definition) is 3. The lowest BCUT2D eigenvalue weighted by atomic mass is 9.79. The number of amides is 1. The topological polar surface area (TPSA) is 116 Å². The van der Waals surface area contributed by atoms with Crippen LogP contribution < -0.4 is 5.32 Å². The molecule has 0 aromatic heterocycles. The number of halogens is 3. The number of carbonyl (C=O) groups is 3. The molecule has 1 aromatic rings. The first-order chi connectivity index (χ1) is 16.0. The van der Waals surface area contributed by atoms with Gasteiger partial charge in [0.1, 0.15) is 5.41 Å². The summed E-state index contributed by atoms with van der Waals surface area (Å²) in [7, 11) is 0. The van der Waals surface area contributed by atoms with Crippen molar-refractivity contribution in [1.82, 2.24) is 4.90 Å². The van der Waals surface area contributed by atoms with Crippen LogP contribution in [-0.4, -0.2) is 72.0 Å². The number of carbonyl (C=O) groups excluding carboxylic acids is 1. The molecule has 1 aliphatic heterocycles. The molecule has 1 aliphatic carbocycles. The maximum atomic E-state index is 12.8. The fraction of sp³-hybridized carbons (Fsp3) is 0.609. The molecule has 11 heteroatoms. The number of carboxylic acids is 2. The van der Waals surface area contributed by atoms with Crippen molar-refractivity contribution < 1.29 is 42.5 Å². The Balaban J connectivity index is 0.000000509. The molecule has 1 saturated carbocycles. The van der Waals surface area contributed by atoms with E-state index in [1.54, 1.807) is 0 Å². The fourth-order valence-corrected chi connectivity index (χ4v) is 3.99. The number of aliphatic carboxylic acids is 2. The molecule has 0 bridgehead atoms. The highest BCUT2D eigenvalue weighted by Gasteiger charge is 2.45. The van der Waals surface area contributed by atoms with Crippen LogP contribution in [0.15, 0.2) is 24.3 Å². The molecule has 2 aliphatic rings. The largest absolute Gasteiger partial charge is 0.490 e. The van der Waals surface area contributed by atoms with E-state index < -0.39 is 23.5 Å². The zero-order valence-corrected chi connectivity index (χ0v) is 18.9. The average Bonchev–Trinajstić information content (AvgIpc) is 3.06. The maximum Gasteiger partial charge on any atom is 0.490 e. The molecule has 190 valence electrons. The summed E-state index contributed by atoms with van der Waals surface area (Å²) < 4.78 is 37.1. The van der Waals surface area contributed by atoms with Crippen molar-refractivity contribution in [2.75, 3.05) is 38.2 Å². The number of morpholine rings is 1. The molecule has 2 fully saturated rings. The number of benzene rings is 1. The third-order valence-corrected chi connectivity index (χ3v) is 6.08.